The Hall–Kier alpha value is -1.85. The molecule has 86 valence electrons. The van der Waals surface area contributed by atoms with Gasteiger partial charge in [-0.2, -0.15) is 13.2 Å². The summed E-state index contributed by atoms with van der Waals surface area (Å²) in [5.74, 6) is -2.57. The second kappa shape index (κ2) is 4.34. The van der Waals surface area contributed by atoms with Gasteiger partial charge in [-0.3, -0.25) is 0 Å². The molecule has 0 atom stereocenters. The van der Waals surface area contributed by atoms with Crippen LogP contribution in [0.4, 0.5) is 17.6 Å². The van der Waals surface area contributed by atoms with E-state index in [0.717, 1.165) is 12.1 Å². The molecule has 1 N–H and O–H groups in total. The van der Waals surface area contributed by atoms with E-state index in [-0.39, 0.29) is 0 Å². The number of halogens is 4. The fourth-order valence-corrected chi connectivity index (χ4v) is 1.11. The Morgan fingerprint density at radius 2 is 1.94 bits per heavy atom. The first-order valence-electron chi connectivity index (χ1n) is 4.09. The predicted octanol–water partition coefficient (Wildman–Crippen LogP) is 2.94. The number of carboxylic acids is 1. The summed E-state index contributed by atoms with van der Waals surface area (Å²) >= 11 is 0. The smallest absolute Gasteiger partial charge is 0.417 e. The van der Waals surface area contributed by atoms with Crippen molar-refractivity contribution in [3.8, 4) is 0 Å². The standard InChI is InChI=1S/C10H6F4O2/c11-8-3-1-2-7(10(12,13)14)6(8)4-5-9(15)16/h1-5H,(H,15,16)/b5-4-. The Labute approximate surface area is 87.8 Å². The van der Waals surface area contributed by atoms with E-state index in [4.69, 9.17) is 5.11 Å². The zero-order valence-corrected chi connectivity index (χ0v) is 7.75. The lowest BCUT2D eigenvalue weighted by atomic mass is 10.1. The van der Waals surface area contributed by atoms with Crippen LogP contribution in [0.15, 0.2) is 24.3 Å². The number of hydrogen-bond acceptors (Lipinski definition) is 1. The van der Waals surface area contributed by atoms with E-state index in [2.05, 4.69) is 0 Å². The van der Waals surface area contributed by atoms with Gasteiger partial charge in [0.2, 0.25) is 0 Å². The quantitative estimate of drug-likeness (QED) is 0.631. The number of rotatable bonds is 2. The molecule has 0 aliphatic heterocycles. The largest absolute Gasteiger partial charge is 0.478 e. The van der Waals surface area contributed by atoms with Gasteiger partial charge in [0, 0.05) is 11.6 Å². The van der Waals surface area contributed by atoms with Crippen molar-refractivity contribution in [2.24, 2.45) is 0 Å². The highest BCUT2D eigenvalue weighted by Gasteiger charge is 2.33. The molecule has 0 radical (unpaired) electrons. The molecule has 16 heavy (non-hydrogen) atoms. The van der Waals surface area contributed by atoms with Gasteiger partial charge in [0.15, 0.2) is 0 Å². The molecule has 1 aromatic carbocycles. The van der Waals surface area contributed by atoms with Gasteiger partial charge in [0.25, 0.3) is 0 Å². The van der Waals surface area contributed by atoms with Gasteiger partial charge in [-0.25, -0.2) is 9.18 Å². The third-order valence-electron chi connectivity index (χ3n) is 1.75. The molecule has 0 saturated heterocycles. The molecule has 2 nitrogen and oxygen atoms in total. The lowest BCUT2D eigenvalue weighted by molar-refractivity contribution is -0.138. The van der Waals surface area contributed by atoms with Crippen molar-refractivity contribution in [3.05, 3.63) is 41.2 Å². The molecular weight excluding hydrogens is 228 g/mol. The van der Waals surface area contributed by atoms with Crippen molar-refractivity contribution >= 4 is 12.0 Å². The molecule has 1 aromatic rings. The van der Waals surface area contributed by atoms with Crippen LogP contribution in [0.25, 0.3) is 6.08 Å². The molecule has 0 bridgehead atoms. The number of carbonyl (C=O) groups is 1. The molecule has 0 aliphatic carbocycles. The van der Waals surface area contributed by atoms with Crippen molar-refractivity contribution < 1.29 is 27.5 Å². The molecule has 1 rings (SSSR count). The molecule has 0 spiro atoms. The molecule has 0 aromatic heterocycles. The number of benzene rings is 1. The minimum Gasteiger partial charge on any atom is -0.478 e. The highest BCUT2D eigenvalue weighted by molar-refractivity contribution is 5.85. The average molecular weight is 234 g/mol. The molecule has 0 saturated carbocycles. The Bertz CT molecular complexity index is 435. The van der Waals surface area contributed by atoms with Crippen LogP contribution in [0, 0.1) is 5.82 Å². The Morgan fingerprint density at radius 3 is 2.44 bits per heavy atom. The maximum Gasteiger partial charge on any atom is 0.417 e. The monoisotopic (exact) mass is 234 g/mol. The van der Waals surface area contributed by atoms with Gasteiger partial charge in [0.1, 0.15) is 5.82 Å². The minimum atomic E-state index is -4.72. The van der Waals surface area contributed by atoms with Gasteiger partial charge in [-0.1, -0.05) is 6.07 Å². The second-order valence-electron chi connectivity index (χ2n) is 2.87. The van der Waals surface area contributed by atoms with Crippen molar-refractivity contribution in [1.82, 2.24) is 0 Å². The normalized spacial score (nSPS) is 12.0. The highest BCUT2D eigenvalue weighted by atomic mass is 19.4. The molecule has 0 unspecified atom stereocenters. The van der Waals surface area contributed by atoms with E-state index < -0.39 is 29.1 Å². The average Bonchev–Trinajstić information content (AvgIpc) is 2.13. The SMILES string of the molecule is O=C(O)/C=C\c1c(F)cccc1C(F)(F)F. The van der Waals surface area contributed by atoms with Crippen LogP contribution in [0.1, 0.15) is 11.1 Å². The zero-order chi connectivity index (χ0) is 12.3. The molecule has 0 aliphatic rings. The van der Waals surface area contributed by atoms with Gasteiger partial charge in [-0.05, 0) is 18.2 Å². The van der Waals surface area contributed by atoms with Crippen LogP contribution in [0.2, 0.25) is 0 Å². The molecule has 0 amide bonds. The number of hydrogen-bond donors (Lipinski definition) is 1. The molecule has 0 fully saturated rings. The summed E-state index contributed by atoms with van der Waals surface area (Å²) in [4.78, 5) is 10.2. The third-order valence-corrected chi connectivity index (χ3v) is 1.75. The van der Waals surface area contributed by atoms with E-state index in [9.17, 15) is 22.4 Å². The first-order chi connectivity index (χ1) is 7.32. The predicted molar refractivity (Wildman–Crippen MR) is 48.1 cm³/mol. The third kappa shape index (κ3) is 2.82. The van der Waals surface area contributed by atoms with Crippen LogP contribution in [0.3, 0.4) is 0 Å². The molecular formula is C10H6F4O2. The lowest BCUT2D eigenvalue weighted by Gasteiger charge is -2.10. The number of aliphatic carboxylic acids is 1. The van der Waals surface area contributed by atoms with Gasteiger partial charge in [0.05, 0.1) is 5.56 Å². The summed E-state index contributed by atoms with van der Waals surface area (Å²) in [6, 6.07) is 2.43. The maximum atomic E-state index is 13.1. The van der Waals surface area contributed by atoms with E-state index in [0.29, 0.717) is 18.2 Å². The summed E-state index contributed by atoms with van der Waals surface area (Å²) in [5.41, 5.74) is -1.98. The summed E-state index contributed by atoms with van der Waals surface area (Å²) in [6.07, 6.45) is -3.69. The van der Waals surface area contributed by atoms with E-state index in [1.807, 2.05) is 0 Å². The van der Waals surface area contributed by atoms with Gasteiger partial charge < -0.3 is 5.11 Å². The van der Waals surface area contributed by atoms with Crippen molar-refractivity contribution in [1.29, 1.82) is 0 Å². The summed E-state index contributed by atoms with van der Waals surface area (Å²) in [7, 11) is 0. The first-order valence-corrected chi connectivity index (χ1v) is 4.09. The fourth-order valence-electron chi connectivity index (χ4n) is 1.11. The maximum absolute atomic E-state index is 13.1. The number of carboxylic acid groups (broad SMARTS) is 1. The Balaban J connectivity index is 3.30. The van der Waals surface area contributed by atoms with Crippen LogP contribution >= 0.6 is 0 Å². The highest BCUT2D eigenvalue weighted by Crippen LogP contribution is 2.33. The van der Waals surface area contributed by atoms with E-state index >= 15 is 0 Å². The van der Waals surface area contributed by atoms with Crippen LogP contribution in [0.5, 0.6) is 0 Å². The van der Waals surface area contributed by atoms with Crippen molar-refractivity contribution in [2.75, 3.05) is 0 Å². The van der Waals surface area contributed by atoms with Crippen LogP contribution in [-0.4, -0.2) is 11.1 Å². The van der Waals surface area contributed by atoms with E-state index in [1.54, 1.807) is 0 Å². The fraction of sp³-hybridized carbons (Fsp3) is 0.100. The van der Waals surface area contributed by atoms with E-state index in [1.165, 1.54) is 0 Å². The molecule has 6 heteroatoms. The second-order valence-corrected chi connectivity index (χ2v) is 2.87. The van der Waals surface area contributed by atoms with Crippen molar-refractivity contribution in [3.63, 3.8) is 0 Å². The lowest BCUT2D eigenvalue weighted by Crippen LogP contribution is -2.08. The van der Waals surface area contributed by atoms with Crippen LogP contribution < -0.4 is 0 Å². The Morgan fingerprint density at radius 1 is 1.31 bits per heavy atom. The summed E-state index contributed by atoms with van der Waals surface area (Å²) < 4.78 is 50.3. The van der Waals surface area contributed by atoms with Gasteiger partial charge >= 0.3 is 12.1 Å². The number of alkyl halides is 3. The topological polar surface area (TPSA) is 37.3 Å². The molecule has 0 heterocycles. The summed E-state index contributed by atoms with van der Waals surface area (Å²) in [5, 5.41) is 8.27. The summed E-state index contributed by atoms with van der Waals surface area (Å²) in [6.45, 7) is 0. The van der Waals surface area contributed by atoms with Crippen molar-refractivity contribution in [2.45, 2.75) is 6.18 Å². The van der Waals surface area contributed by atoms with Crippen LogP contribution in [-0.2, 0) is 11.0 Å². The first kappa shape index (κ1) is 12.2. The zero-order valence-electron chi connectivity index (χ0n) is 7.75. The van der Waals surface area contributed by atoms with Gasteiger partial charge in [-0.15, -0.1) is 0 Å². The Kier molecular flexibility index (Phi) is 3.31. The minimum absolute atomic E-state index is 0.452.